The van der Waals surface area contributed by atoms with Crippen LogP contribution in [0.15, 0.2) is 71.6 Å². The molecule has 0 radical (unpaired) electrons. The molecule has 9 heteroatoms. The molecule has 8 nitrogen and oxygen atoms in total. The molecule has 0 atom stereocenters. The van der Waals surface area contributed by atoms with Gasteiger partial charge in [-0.05, 0) is 54.4 Å². The van der Waals surface area contributed by atoms with Crippen molar-refractivity contribution < 1.29 is 27.4 Å². The maximum absolute atomic E-state index is 13.1. The van der Waals surface area contributed by atoms with Crippen LogP contribution in [0.1, 0.15) is 11.1 Å². The van der Waals surface area contributed by atoms with E-state index in [1.165, 1.54) is 16.4 Å². The van der Waals surface area contributed by atoms with Crippen molar-refractivity contribution in [1.29, 1.82) is 0 Å². The second kappa shape index (κ2) is 10.0. The van der Waals surface area contributed by atoms with Crippen molar-refractivity contribution in [2.75, 3.05) is 31.7 Å². The van der Waals surface area contributed by atoms with E-state index in [4.69, 9.17) is 14.2 Å². The summed E-state index contributed by atoms with van der Waals surface area (Å²) in [5.41, 5.74) is 2.45. The standard InChI is InChI=1S/C25H26N2O6S/c1-31-23-8-5-9-24(32-2)21(23)16-26-25(28)17-33-19-10-12-20(13-11-19)34(29,30)27-15-14-18-6-3-4-7-22(18)27/h3-13H,14-17H2,1-2H3,(H,26,28). The van der Waals surface area contributed by atoms with Gasteiger partial charge in [-0.3, -0.25) is 9.10 Å². The van der Waals surface area contributed by atoms with Crippen molar-refractivity contribution in [1.82, 2.24) is 5.32 Å². The first-order valence-corrected chi connectivity index (χ1v) is 12.2. The largest absolute Gasteiger partial charge is 0.496 e. The van der Waals surface area contributed by atoms with E-state index in [0.29, 0.717) is 35.9 Å². The molecule has 3 aromatic carbocycles. The lowest BCUT2D eigenvalue weighted by Crippen LogP contribution is -2.29. The molecule has 0 spiro atoms. The van der Waals surface area contributed by atoms with Crippen LogP contribution in [-0.2, 0) is 27.8 Å². The quantitative estimate of drug-likeness (QED) is 0.504. The number of rotatable bonds is 9. The highest BCUT2D eigenvalue weighted by molar-refractivity contribution is 7.92. The van der Waals surface area contributed by atoms with Crippen LogP contribution in [0.5, 0.6) is 17.2 Å². The fourth-order valence-electron chi connectivity index (χ4n) is 3.88. The van der Waals surface area contributed by atoms with Gasteiger partial charge in [0.1, 0.15) is 17.2 Å². The van der Waals surface area contributed by atoms with Gasteiger partial charge in [-0.25, -0.2) is 8.42 Å². The van der Waals surface area contributed by atoms with E-state index >= 15 is 0 Å². The van der Waals surface area contributed by atoms with Gasteiger partial charge in [0.2, 0.25) is 0 Å². The number of nitrogens with one attached hydrogen (secondary N) is 1. The van der Waals surface area contributed by atoms with Crippen LogP contribution in [0.4, 0.5) is 5.69 Å². The molecular weight excluding hydrogens is 456 g/mol. The van der Waals surface area contributed by atoms with Crippen LogP contribution < -0.4 is 23.8 Å². The fraction of sp³-hybridized carbons (Fsp3) is 0.240. The molecule has 0 unspecified atom stereocenters. The second-order valence-corrected chi connectivity index (χ2v) is 9.50. The van der Waals surface area contributed by atoms with Gasteiger partial charge in [0.15, 0.2) is 6.61 Å². The van der Waals surface area contributed by atoms with E-state index < -0.39 is 10.0 Å². The number of amides is 1. The minimum Gasteiger partial charge on any atom is -0.496 e. The summed E-state index contributed by atoms with van der Waals surface area (Å²) in [4.78, 5) is 12.5. The maximum atomic E-state index is 13.1. The summed E-state index contributed by atoms with van der Waals surface area (Å²) < 4.78 is 43.8. The molecule has 0 saturated carbocycles. The zero-order valence-electron chi connectivity index (χ0n) is 19.0. The minimum atomic E-state index is -3.68. The first kappa shape index (κ1) is 23.4. The van der Waals surface area contributed by atoms with E-state index in [2.05, 4.69) is 5.32 Å². The molecule has 4 rings (SSSR count). The highest BCUT2D eigenvalue weighted by Gasteiger charge is 2.30. The van der Waals surface area contributed by atoms with Crippen molar-refractivity contribution in [3.63, 3.8) is 0 Å². The third-order valence-electron chi connectivity index (χ3n) is 5.62. The highest BCUT2D eigenvalue weighted by Crippen LogP contribution is 2.33. The van der Waals surface area contributed by atoms with Crippen molar-refractivity contribution in [2.45, 2.75) is 17.9 Å². The number of anilines is 1. The Bertz CT molecular complexity index is 1250. The van der Waals surface area contributed by atoms with E-state index in [-0.39, 0.29) is 24.0 Å². The van der Waals surface area contributed by atoms with Gasteiger partial charge in [-0.1, -0.05) is 24.3 Å². The molecule has 0 aromatic heterocycles. The number of benzene rings is 3. The molecule has 0 bridgehead atoms. The Kier molecular flexibility index (Phi) is 6.93. The average Bonchev–Trinajstić information content (AvgIpc) is 3.31. The SMILES string of the molecule is COc1cccc(OC)c1CNC(=O)COc1ccc(S(=O)(=O)N2CCc3ccccc32)cc1. The fourth-order valence-corrected chi connectivity index (χ4v) is 5.39. The summed E-state index contributed by atoms with van der Waals surface area (Å²) in [6.45, 7) is 0.407. The summed E-state index contributed by atoms with van der Waals surface area (Å²) in [5.74, 6) is 1.28. The van der Waals surface area contributed by atoms with Gasteiger partial charge >= 0.3 is 0 Å². The van der Waals surface area contributed by atoms with Crippen LogP contribution in [0, 0.1) is 0 Å². The third kappa shape index (κ3) is 4.79. The Morgan fingerprint density at radius 1 is 0.941 bits per heavy atom. The third-order valence-corrected chi connectivity index (χ3v) is 7.45. The number of nitrogens with zero attached hydrogens (tertiary/aromatic N) is 1. The lowest BCUT2D eigenvalue weighted by atomic mass is 10.1. The lowest BCUT2D eigenvalue weighted by Gasteiger charge is -2.19. The van der Waals surface area contributed by atoms with Crippen molar-refractivity contribution in [2.24, 2.45) is 0 Å². The van der Waals surface area contributed by atoms with Crippen molar-refractivity contribution >= 4 is 21.6 Å². The van der Waals surface area contributed by atoms with E-state index in [1.54, 1.807) is 44.6 Å². The minimum absolute atomic E-state index is 0.171. The zero-order chi connectivity index (χ0) is 24.1. The van der Waals surface area contributed by atoms with Crippen LogP contribution in [0.2, 0.25) is 0 Å². The van der Waals surface area contributed by atoms with Crippen LogP contribution in [0.25, 0.3) is 0 Å². The molecule has 1 aliphatic heterocycles. The second-order valence-electron chi connectivity index (χ2n) is 7.63. The van der Waals surface area contributed by atoms with Gasteiger partial charge in [-0.2, -0.15) is 0 Å². The summed E-state index contributed by atoms with van der Waals surface area (Å²) in [5, 5.41) is 2.77. The maximum Gasteiger partial charge on any atom is 0.264 e. The molecular formula is C25H26N2O6S. The summed E-state index contributed by atoms with van der Waals surface area (Å²) in [6, 6.07) is 18.9. The summed E-state index contributed by atoms with van der Waals surface area (Å²) in [6.07, 6.45) is 0.687. The van der Waals surface area contributed by atoms with Gasteiger partial charge in [0, 0.05) is 6.54 Å². The van der Waals surface area contributed by atoms with E-state index in [9.17, 15) is 13.2 Å². The Morgan fingerprint density at radius 3 is 2.29 bits per heavy atom. The number of methoxy groups -OCH3 is 2. The number of ether oxygens (including phenoxy) is 3. The number of sulfonamides is 1. The molecule has 1 N–H and O–H groups in total. The van der Waals surface area contributed by atoms with Crippen LogP contribution in [0.3, 0.4) is 0 Å². The van der Waals surface area contributed by atoms with Crippen LogP contribution >= 0.6 is 0 Å². The first-order chi connectivity index (χ1) is 16.4. The van der Waals surface area contributed by atoms with E-state index in [1.807, 2.05) is 24.3 Å². The number of fused-ring (bicyclic) bond motifs is 1. The topological polar surface area (TPSA) is 94.2 Å². The van der Waals surface area contributed by atoms with Gasteiger partial charge in [0.25, 0.3) is 15.9 Å². The smallest absolute Gasteiger partial charge is 0.264 e. The normalized spacial score (nSPS) is 12.7. The first-order valence-electron chi connectivity index (χ1n) is 10.7. The Labute approximate surface area is 199 Å². The predicted octanol–water partition coefficient (Wildman–Crippen LogP) is 3.15. The van der Waals surface area contributed by atoms with Crippen molar-refractivity contribution in [3.8, 4) is 17.2 Å². The molecule has 0 fully saturated rings. The van der Waals surface area contributed by atoms with E-state index in [0.717, 1.165) is 11.1 Å². The molecule has 1 aliphatic rings. The monoisotopic (exact) mass is 482 g/mol. The number of carbonyl (C=O) groups excluding carboxylic acids is 1. The van der Waals surface area contributed by atoms with Gasteiger partial charge in [0.05, 0.1) is 36.9 Å². The molecule has 178 valence electrons. The van der Waals surface area contributed by atoms with Gasteiger partial charge in [-0.15, -0.1) is 0 Å². The Hall–Kier alpha value is -3.72. The molecule has 1 heterocycles. The van der Waals surface area contributed by atoms with Crippen LogP contribution in [-0.4, -0.2) is 41.7 Å². The summed E-state index contributed by atoms with van der Waals surface area (Å²) >= 11 is 0. The molecule has 34 heavy (non-hydrogen) atoms. The number of carbonyl (C=O) groups is 1. The molecule has 1 amide bonds. The number of para-hydroxylation sites is 1. The van der Waals surface area contributed by atoms with Crippen molar-refractivity contribution in [3.05, 3.63) is 77.9 Å². The summed E-state index contributed by atoms with van der Waals surface area (Å²) in [7, 11) is -0.576. The predicted molar refractivity (Wildman–Crippen MR) is 128 cm³/mol. The lowest BCUT2D eigenvalue weighted by molar-refractivity contribution is -0.123. The Morgan fingerprint density at radius 2 is 1.62 bits per heavy atom. The average molecular weight is 483 g/mol. The zero-order valence-corrected chi connectivity index (χ0v) is 19.8. The number of hydrogen-bond donors (Lipinski definition) is 1. The number of hydrogen-bond acceptors (Lipinski definition) is 6. The molecule has 0 aliphatic carbocycles. The highest BCUT2D eigenvalue weighted by atomic mass is 32.2. The van der Waals surface area contributed by atoms with Gasteiger partial charge < -0.3 is 19.5 Å². The molecule has 0 saturated heterocycles. The Balaban J connectivity index is 1.35. The molecule has 3 aromatic rings.